The molecule has 0 fully saturated rings. The van der Waals surface area contributed by atoms with Crippen LogP contribution < -0.4 is 0 Å². The Kier molecular flexibility index (Phi) is 3.14. The molecule has 0 amide bonds. The molecule has 1 aromatic heterocycles. The third-order valence-corrected chi connectivity index (χ3v) is 2.01. The predicted octanol–water partition coefficient (Wildman–Crippen LogP) is 2.76. The molecule has 0 spiro atoms. The fourth-order valence-electron chi connectivity index (χ4n) is 0.648. The summed E-state index contributed by atoms with van der Waals surface area (Å²) in [6.45, 7) is 0. The maximum Gasteiger partial charge on any atom is 0.179 e. The minimum Gasteiger partial charge on any atom is -0.410 e. The lowest BCUT2D eigenvalue weighted by atomic mass is 10.3. The van der Waals surface area contributed by atoms with E-state index in [4.69, 9.17) is 40.0 Å². The summed E-state index contributed by atoms with van der Waals surface area (Å²) >= 11 is 16.8. The second-order valence-electron chi connectivity index (χ2n) is 1.85. The third kappa shape index (κ3) is 1.80. The third-order valence-electron chi connectivity index (χ3n) is 1.15. The Labute approximate surface area is 83.6 Å². The van der Waals surface area contributed by atoms with Crippen LogP contribution in [0.25, 0.3) is 0 Å². The monoisotopic (exact) mass is 224 g/mol. The second-order valence-corrected chi connectivity index (χ2v) is 2.97. The van der Waals surface area contributed by atoms with Gasteiger partial charge in [0.05, 0.1) is 10.6 Å². The molecule has 0 aliphatic heterocycles. The lowest BCUT2D eigenvalue weighted by Crippen LogP contribution is -1.95. The number of hydrogen-bond donors (Lipinski definition) is 1. The van der Waals surface area contributed by atoms with Gasteiger partial charge >= 0.3 is 0 Å². The van der Waals surface area contributed by atoms with E-state index < -0.39 is 0 Å². The fraction of sp³-hybridized carbons (Fsp3) is 0. The molecule has 0 aliphatic carbocycles. The zero-order valence-electron chi connectivity index (χ0n) is 5.63. The minimum absolute atomic E-state index is 0.102. The van der Waals surface area contributed by atoms with Gasteiger partial charge in [-0.05, 0) is 6.07 Å². The summed E-state index contributed by atoms with van der Waals surface area (Å²) < 4.78 is 0. The van der Waals surface area contributed by atoms with E-state index in [9.17, 15) is 0 Å². The maximum absolute atomic E-state index is 8.35. The highest BCUT2D eigenvalue weighted by molar-refractivity contribution is 6.71. The van der Waals surface area contributed by atoms with E-state index in [0.717, 1.165) is 0 Å². The van der Waals surface area contributed by atoms with Crippen LogP contribution in [0.15, 0.2) is 17.4 Å². The molecule has 1 N–H and O–H groups in total. The molecule has 1 rings (SSSR count). The van der Waals surface area contributed by atoms with Crippen molar-refractivity contribution in [3.8, 4) is 0 Å². The molecule has 0 radical (unpaired) electrons. The maximum atomic E-state index is 8.35. The van der Waals surface area contributed by atoms with Crippen molar-refractivity contribution in [3.63, 3.8) is 0 Å². The average molecular weight is 225 g/mol. The van der Waals surface area contributed by atoms with Crippen molar-refractivity contribution in [1.29, 1.82) is 0 Å². The van der Waals surface area contributed by atoms with Crippen LogP contribution in [0.2, 0.25) is 10.2 Å². The van der Waals surface area contributed by atoms with Gasteiger partial charge in [0.1, 0.15) is 5.15 Å². The van der Waals surface area contributed by atoms with Gasteiger partial charge in [0.2, 0.25) is 0 Å². The van der Waals surface area contributed by atoms with E-state index >= 15 is 0 Å². The molecule has 1 heterocycles. The lowest BCUT2D eigenvalue weighted by Gasteiger charge is -2.00. The number of rotatable bonds is 1. The van der Waals surface area contributed by atoms with E-state index in [1.54, 1.807) is 0 Å². The first-order valence-corrected chi connectivity index (χ1v) is 3.98. The molecule has 0 saturated carbocycles. The van der Waals surface area contributed by atoms with Crippen LogP contribution in [-0.4, -0.2) is 15.4 Å². The summed E-state index contributed by atoms with van der Waals surface area (Å²) in [6, 6.07) is 1.50. The van der Waals surface area contributed by atoms with E-state index in [1.165, 1.54) is 12.3 Å². The van der Waals surface area contributed by atoms with Gasteiger partial charge in [-0.25, -0.2) is 4.98 Å². The molecule has 1 aromatic rings. The zero-order valence-corrected chi connectivity index (χ0v) is 7.90. The number of aromatic nitrogens is 1. The first kappa shape index (κ1) is 9.58. The van der Waals surface area contributed by atoms with Crippen LogP contribution in [0.5, 0.6) is 0 Å². The van der Waals surface area contributed by atoms with Crippen LogP contribution in [-0.2, 0) is 0 Å². The number of hydrogen-bond acceptors (Lipinski definition) is 3. The molecule has 0 saturated heterocycles. The van der Waals surface area contributed by atoms with Crippen LogP contribution >= 0.6 is 34.8 Å². The van der Waals surface area contributed by atoms with E-state index in [-0.39, 0.29) is 20.9 Å². The van der Waals surface area contributed by atoms with Crippen molar-refractivity contribution in [2.24, 2.45) is 5.16 Å². The Morgan fingerprint density at radius 1 is 1.50 bits per heavy atom. The topological polar surface area (TPSA) is 45.5 Å². The molecule has 0 atom stereocenters. The average Bonchev–Trinajstić information content (AvgIpc) is 2.03. The second kappa shape index (κ2) is 3.94. The van der Waals surface area contributed by atoms with Gasteiger partial charge in [-0.1, -0.05) is 40.0 Å². The van der Waals surface area contributed by atoms with Crippen molar-refractivity contribution in [1.82, 2.24) is 4.98 Å². The van der Waals surface area contributed by atoms with Crippen LogP contribution in [0.3, 0.4) is 0 Å². The highest BCUT2D eigenvalue weighted by Crippen LogP contribution is 2.23. The van der Waals surface area contributed by atoms with Gasteiger partial charge in [0.15, 0.2) is 5.17 Å². The molecule has 0 aliphatic rings. The molecule has 64 valence electrons. The first-order valence-electron chi connectivity index (χ1n) is 2.84. The number of nitrogens with zero attached hydrogens (tertiary/aromatic N) is 2. The summed E-state index contributed by atoms with van der Waals surface area (Å²) in [5.74, 6) is 0. The quantitative estimate of drug-likeness (QED) is 0.346. The molecule has 0 bridgehead atoms. The Hall–Kier alpha value is -0.510. The largest absolute Gasteiger partial charge is 0.410 e. The molecule has 3 nitrogen and oxygen atoms in total. The molecule has 0 aromatic carbocycles. The Morgan fingerprint density at radius 2 is 2.17 bits per heavy atom. The molecular weight excluding hydrogens is 222 g/mol. The summed E-state index contributed by atoms with van der Waals surface area (Å²) in [4.78, 5) is 3.71. The standard InChI is InChI=1S/C6H3Cl3N2O/c7-3-1-2-10-5(8)4(3)6(9)11-12/h1-2,12H. The summed E-state index contributed by atoms with van der Waals surface area (Å²) in [5, 5.41) is 11.3. The first-order chi connectivity index (χ1) is 5.66. The Morgan fingerprint density at radius 3 is 2.67 bits per heavy atom. The molecule has 6 heteroatoms. The highest BCUT2D eigenvalue weighted by atomic mass is 35.5. The van der Waals surface area contributed by atoms with Gasteiger partial charge in [0.25, 0.3) is 0 Å². The smallest absolute Gasteiger partial charge is 0.179 e. The summed E-state index contributed by atoms with van der Waals surface area (Å²) in [5.41, 5.74) is 0.227. The summed E-state index contributed by atoms with van der Waals surface area (Å²) in [7, 11) is 0. The van der Waals surface area contributed by atoms with Crippen LogP contribution in [0.4, 0.5) is 0 Å². The summed E-state index contributed by atoms with van der Waals surface area (Å²) in [6.07, 6.45) is 1.43. The van der Waals surface area contributed by atoms with Crippen LogP contribution in [0, 0.1) is 0 Å². The fourth-order valence-corrected chi connectivity index (χ4v) is 1.47. The van der Waals surface area contributed by atoms with Gasteiger partial charge in [0, 0.05) is 6.20 Å². The van der Waals surface area contributed by atoms with Gasteiger partial charge in [-0.2, -0.15) is 0 Å². The number of oxime groups is 1. The predicted molar refractivity (Wildman–Crippen MR) is 48.4 cm³/mol. The van der Waals surface area contributed by atoms with E-state index in [2.05, 4.69) is 10.1 Å². The normalized spacial score (nSPS) is 11.8. The van der Waals surface area contributed by atoms with Crippen molar-refractivity contribution in [3.05, 3.63) is 28.0 Å². The minimum atomic E-state index is -0.182. The van der Waals surface area contributed by atoms with Gasteiger partial charge < -0.3 is 5.21 Å². The Bertz CT molecular complexity index is 306. The van der Waals surface area contributed by atoms with Crippen molar-refractivity contribution < 1.29 is 5.21 Å². The van der Waals surface area contributed by atoms with Crippen molar-refractivity contribution in [2.45, 2.75) is 0 Å². The number of halogens is 3. The molecule has 0 unspecified atom stereocenters. The number of pyridine rings is 1. The Balaban J connectivity index is 3.31. The SMILES string of the molecule is ON=C(Cl)c1c(Cl)ccnc1Cl. The van der Waals surface area contributed by atoms with Gasteiger partial charge in [-0.15, -0.1) is 0 Å². The lowest BCUT2D eigenvalue weighted by molar-refractivity contribution is 0.321. The van der Waals surface area contributed by atoms with Crippen molar-refractivity contribution in [2.75, 3.05) is 0 Å². The molecular formula is C6H3Cl3N2O. The molecule has 12 heavy (non-hydrogen) atoms. The van der Waals surface area contributed by atoms with Crippen molar-refractivity contribution >= 4 is 40.0 Å². The van der Waals surface area contributed by atoms with Crippen LogP contribution in [0.1, 0.15) is 5.56 Å². The van der Waals surface area contributed by atoms with Gasteiger partial charge in [-0.3, -0.25) is 0 Å². The highest BCUT2D eigenvalue weighted by Gasteiger charge is 2.11. The van der Waals surface area contributed by atoms with E-state index in [0.29, 0.717) is 0 Å². The zero-order chi connectivity index (χ0) is 9.14. The van der Waals surface area contributed by atoms with E-state index in [1.807, 2.05) is 0 Å².